The normalized spacial score (nSPS) is 15.5. The van der Waals surface area contributed by atoms with Crippen LogP contribution in [0.1, 0.15) is 16.8 Å². The zero-order valence-corrected chi connectivity index (χ0v) is 19.4. The van der Waals surface area contributed by atoms with Gasteiger partial charge in [-0.1, -0.05) is 24.3 Å². The summed E-state index contributed by atoms with van der Waals surface area (Å²) in [6.45, 7) is 0. The van der Waals surface area contributed by atoms with Gasteiger partial charge >= 0.3 is 0 Å². The van der Waals surface area contributed by atoms with Gasteiger partial charge in [-0.15, -0.1) is 0 Å². The van der Waals surface area contributed by atoms with E-state index in [4.69, 9.17) is 17.0 Å². The van der Waals surface area contributed by atoms with Crippen molar-refractivity contribution >= 4 is 46.4 Å². The molecule has 0 aromatic heterocycles. The summed E-state index contributed by atoms with van der Waals surface area (Å²) in [5.74, 6) is -1.48. The summed E-state index contributed by atoms with van der Waals surface area (Å²) in [6.07, 6.45) is -0.289. The molecule has 1 fully saturated rings. The lowest BCUT2D eigenvalue weighted by Crippen LogP contribution is -2.65. The molecule has 8 nitrogen and oxygen atoms in total. The Morgan fingerprint density at radius 1 is 1.03 bits per heavy atom. The maximum atomic E-state index is 13.4. The number of hydrogen-bond donors (Lipinski definition) is 2. The molecule has 1 saturated heterocycles. The number of carbonyl (C=O) groups is 3. The fourth-order valence-corrected chi connectivity index (χ4v) is 3.95. The maximum Gasteiger partial charge on any atom is 0.269 e. The van der Waals surface area contributed by atoms with Crippen LogP contribution in [0.15, 0.2) is 78.9 Å². The summed E-state index contributed by atoms with van der Waals surface area (Å²) in [5, 5.41) is 3.80. The van der Waals surface area contributed by atoms with Crippen LogP contribution in [0, 0.1) is 5.82 Å². The summed E-state index contributed by atoms with van der Waals surface area (Å²) in [4.78, 5) is 40.4. The van der Waals surface area contributed by atoms with Gasteiger partial charge in [-0.05, 0) is 60.7 Å². The number of carbonyl (C=O) groups excluding carboxylic acids is 3. The molecule has 3 amide bonds. The highest BCUT2D eigenvalue weighted by Crippen LogP contribution is 2.26. The first-order valence-corrected chi connectivity index (χ1v) is 11.0. The van der Waals surface area contributed by atoms with Gasteiger partial charge in [0.05, 0.1) is 19.2 Å². The van der Waals surface area contributed by atoms with Crippen LogP contribution in [0.25, 0.3) is 0 Å². The van der Waals surface area contributed by atoms with E-state index in [1.165, 1.54) is 36.4 Å². The lowest BCUT2D eigenvalue weighted by Gasteiger charge is -2.41. The van der Waals surface area contributed by atoms with Crippen LogP contribution >= 0.6 is 12.2 Å². The molecule has 0 saturated carbocycles. The van der Waals surface area contributed by atoms with Crippen LogP contribution in [-0.4, -0.2) is 41.0 Å². The fourth-order valence-electron chi connectivity index (χ4n) is 3.57. The van der Waals surface area contributed by atoms with Gasteiger partial charge in [0.25, 0.3) is 5.91 Å². The number of nitrogens with one attached hydrogen (secondary N) is 2. The molecule has 0 radical (unpaired) electrons. The molecular formula is C25H21FN4O4S. The number of ether oxygens (including phenoxy) is 1. The molecule has 0 aliphatic carbocycles. The Labute approximate surface area is 206 Å². The van der Waals surface area contributed by atoms with Crippen molar-refractivity contribution in [2.45, 2.75) is 12.5 Å². The Morgan fingerprint density at radius 3 is 2.43 bits per heavy atom. The van der Waals surface area contributed by atoms with Crippen LogP contribution in [0.2, 0.25) is 0 Å². The van der Waals surface area contributed by atoms with E-state index in [9.17, 15) is 18.8 Å². The Bertz CT molecular complexity index is 1270. The number of anilines is 2. The molecule has 4 rings (SSSR count). The van der Waals surface area contributed by atoms with Crippen molar-refractivity contribution in [1.29, 1.82) is 0 Å². The van der Waals surface area contributed by atoms with Crippen molar-refractivity contribution in [3.05, 3.63) is 90.2 Å². The average Bonchev–Trinajstić information content (AvgIpc) is 2.87. The molecule has 1 aliphatic heterocycles. The van der Waals surface area contributed by atoms with Gasteiger partial charge in [-0.3, -0.25) is 24.7 Å². The van der Waals surface area contributed by atoms with E-state index in [1.54, 1.807) is 54.6 Å². The van der Waals surface area contributed by atoms with E-state index < -0.39 is 29.6 Å². The topological polar surface area (TPSA) is 91.0 Å². The SMILES string of the molecule is COc1cccc(NC(=O)[C@@H]2CC(=O)N(c3ccc(F)cc3)C(=S)N2NC(=O)c2ccccc2)c1. The van der Waals surface area contributed by atoms with E-state index in [0.29, 0.717) is 22.7 Å². The predicted molar refractivity (Wildman–Crippen MR) is 132 cm³/mol. The first-order chi connectivity index (χ1) is 16.9. The molecule has 1 aliphatic rings. The molecular weight excluding hydrogens is 471 g/mol. The zero-order valence-electron chi connectivity index (χ0n) is 18.6. The predicted octanol–water partition coefficient (Wildman–Crippen LogP) is 3.51. The minimum atomic E-state index is -1.13. The third kappa shape index (κ3) is 5.28. The Kier molecular flexibility index (Phi) is 7.02. The largest absolute Gasteiger partial charge is 0.497 e. The van der Waals surface area contributed by atoms with Crippen LogP contribution in [-0.2, 0) is 9.59 Å². The van der Waals surface area contributed by atoms with Gasteiger partial charge in [0.2, 0.25) is 16.9 Å². The van der Waals surface area contributed by atoms with E-state index in [0.717, 1.165) is 4.90 Å². The molecule has 178 valence electrons. The number of hydrazine groups is 1. The summed E-state index contributed by atoms with van der Waals surface area (Å²) >= 11 is 5.53. The van der Waals surface area contributed by atoms with Crippen molar-refractivity contribution in [2.24, 2.45) is 0 Å². The van der Waals surface area contributed by atoms with Gasteiger partial charge in [0.15, 0.2) is 0 Å². The number of hydrogen-bond acceptors (Lipinski definition) is 5. The van der Waals surface area contributed by atoms with Crippen molar-refractivity contribution in [3.8, 4) is 5.75 Å². The number of methoxy groups -OCH3 is 1. The number of thiocarbonyl (C=S) groups is 1. The first-order valence-electron chi connectivity index (χ1n) is 10.6. The lowest BCUT2D eigenvalue weighted by molar-refractivity contribution is -0.127. The van der Waals surface area contributed by atoms with E-state index >= 15 is 0 Å². The second-order valence-electron chi connectivity index (χ2n) is 7.61. The summed E-state index contributed by atoms with van der Waals surface area (Å²) in [6, 6.07) is 19.1. The van der Waals surface area contributed by atoms with Crippen molar-refractivity contribution in [2.75, 3.05) is 17.3 Å². The highest BCUT2D eigenvalue weighted by Gasteiger charge is 2.42. The second-order valence-corrected chi connectivity index (χ2v) is 7.97. The molecule has 2 N–H and O–H groups in total. The van der Waals surface area contributed by atoms with Crippen molar-refractivity contribution < 1.29 is 23.5 Å². The average molecular weight is 493 g/mol. The number of halogens is 1. The third-order valence-electron chi connectivity index (χ3n) is 5.31. The van der Waals surface area contributed by atoms with Crippen LogP contribution in [0.5, 0.6) is 5.75 Å². The number of nitrogens with zero attached hydrogens (tertiary/aromatic N) is 2. The van der Waals surface area contributed by atoms with Gasteiger partial charge in [0.1, 0.15) is 17.6 Å². The Balaban J connectivity index is 1.64. The monoisotopic (exact) mass is 492 g/mol. The van der Waals surface area contributed by atoms with E-state index in [1.807, 2.05) is 0 Å². The lowest BCUT2D eigenvalue weighted by atomic mass is 10.1. The van der Waals surface area contributed by atoms with Crippen molar-refractivity contribution in [3.63, 3.8) is 0 Å². The highest BCUT2D eigenvalue weighted by molar-refractivity contribution is 7.80. The molecule has 0 bridgehead atoms. The molecule has 3 aromatic rings. The molecule has 1 heterocycles. The van der Waals surface area contributed by atoms with Gasteiger partial charge in [0, 0.05) is 17.3 Å². The smallest absolute Gasteiger partial charge is 0.269 e. The number of rotatable bonds is 6. The van der Waals surface area contributed by atoms with Crippen LogP contribution in [0.3, 0.4) is 0 Å². The Hall–Kier alpha value is -4.31. The minimum absolute atomic E-state index is 0.122. The molecule has 35 heavy (non-hydrogen) atoms. The van der Waals surface area contributed by atoms with E-state index in [2.05, 4.69) is 10.7 Å². The van der Waals surface area contributed by atoms with Crippen LogP contribution < -0.4 is 20.4 Å². The quantitative estimate of drug-likeness (QED) is 0.512. The third-order valence-corrected chi connectivity index (χ3v) is 5.69. The molecule has 10 heteroatoms. The molecule has 3 aromatic carbocycles. The molecule has 1 atom stereocenters. The zero-order chi connectivity index (χ0) is 24.9. The number of amides is 3. The molecule has 0 spiro atoms. The van der Waals surface area contributed by atoms with Gasteiger partial charge in [-0.2, -0.15) is 0 Å². The van der Waals surface area contributed by atoms with Gasteiger partial charge < -0.3 is 10.1 Å². The highest BCUT2D eigenvalue weighted by atomic mass is 32.1. The molecule has 0 unspecified atom stereocenters. The van der Waals surface area contributed by atoms with E-state index in [-0.39, 0.29) is 11.5 Å². The van der Waals surface area contributed by atoms with Crippen LogP contribution in [0.4, 0.5) is 15.8 Å². The standard InChI is InChI=1S/C25H21FN4O4S/c1-34-20-9-5-8-18(14-20)27-24(33)21-15-22(31)29(19-12-10-17(26)11-13-19)25(35)30(21)28-23(32)16-6-3-2-4-7-16/h2-14,21H,15H2,1H3,(H,27,33)(H,28,32)/t21-/m0/s1. The summed E-state index contributed by atoms with van der Waals surface area (Å²) < 4.78 is 18.6. The number of benzene rings is 3. The second kappa shape index (κ2) is 10.3. The maximum absolute atomic E-state index is 13.4. The minimum Gasteiger partial charge on any atom is -0.497 e. The fraction of sp³-hybridized carbons (Fsp3) is 0.120. The van der Waals surface area contributed by atoms with Gasteiger partial charge in [-0.25, -0.2) is 9.40 Å². The Morgan fingerprint density at radius 2 is 1.74 bits per heavy atom. The van der Waals surface area contributed by atoms with Crippen molar-refractivity contribution in [1.82, 2.24) is 10.4 Å². The summed E-state index contributed by atoms with van der Waals surface area (Å²) in [7, 11) is 1.50. The first kappa shape index (κ1) is 23.8. The summed E-state index contributed by atoms with van der Waals surface area (Å²) in [5.41, 5.74) is 3.76.